The molecule has 1 atom stereocenters. The number of aliphatic carboxylic acids is 1. The van der Waals surface area contributed by atoms with E-state index in [0.717, 1.165) is 0 Å². The summed E-state index contributed by atoms with van der Waals surface area (Å²) in [6.45, 7) is 3.55. The van der Waals surface area contributed by atoms with Crippen LogP contribution < -0.4 is 10.1 Å². The first-order chi connectivity index (χ1) is 11.0. The fraction of sp³-hybridized carbons (Fsp3) is 0.250. The Balaban J connectivity index is 2.66. The lowest BCUT2D eigenvalue weighted by Gasteiger charge is -2.12. The molecule has 0 aliphatic carbocycles. The van der Waals surface area contributed by atoms with Crippen molar-refractivity contribution in [3.05, 3.63) is 42.5 Å². The largest absolute Gasteiger partial charge is 0.504 e. The highest BCUT2D eigenvalue weighted by molar-refractivity contribution is 7.99. The number of nitrogens with one attached hydrogen (secondary N) is 1. The van der Waals surface area contributed by atoms with E-state index >= 15 is 0 Å². The monoisotopic (exact) mass is 337 g/mol. The molecule has 1 amide bonds. The third kappa shape index (κ3) is 6.48. The van der Waals surface area contributed by atoms with Crippen molar-refractivity contribution >= 4 is 29.7 Å². The Labute approximate surface area is 138 Å². The van der Waals surface area contributed by atoms with Crippen LogP contribution in [-0.4, -0.2) is 46.7 Å². The first kappa shape index (κ1) is 18.6. The van der Waals surface area contributed by atoms with Crippen LogP contribution in [0.2, 0.25) is 0 Å². The topological polar surface area (TPSA) is 95.9 Å². The molecule has 0 aromatic heterocycles. The zero-order valence-corrected chi connectivity index (χ0v) is 13.5. The van der Waals surface area contributed by atoms with E-state index in [1.54, 1.807) is 18.2 Å². The van der Waals surface area contributed by atoms with Crippen molar-refractivity contribution in [2.24, 2.45) is 0 Å². The van der Waals surface area contributed by atoms with Crippen LogP contribution in [0.4, 0.5) is 0 Å². The molecule has 0 saturated carbocycles. The van der Waals surface area contributed by atoms with Gasteiger partial charge in [0.25, 0.3) is 0 Å². The van der Waals surface area contributed by atoms with Crippen LogP contribution in [-0.2, 0) is 9.59 Å². The molecule has 23 heavy (non-hydrogen) atoms. The number of carbonyl (C=O) groups excluding carboxylic acids is 1. The number of ether oxygens (including phenoxy) is 1. The van der Waals surface area contributed by atoms with E-state index in [2.05, 4.69) is 11.9 Å². The highest BCUT2D eigenvalue weighted by Gasteiger charge is 2.18. The van der Waals surface area contributed by atoms with Crippen LogP contribution in [0.15, 0.2) is 36.9 Å². The van der Waals surface area contributed by atoms with Gasteiger partial charge in [0.05, 0.1) is 7.11 Å². The summed E-state index contributed by atoms with van der Waals surface area (Å²) >= 11 is 1.37. The van der Waals surface area contributed by atoms with Gasteiger partial charge in [-0.2, -0.15) is 11.8 Å². The SMILES string of the molecule is C=CCSC[C@H](NC(=O)/C=C/c1ccc(O)c(OC)c1)C(=O)O. The van der Waals surface area contributed by atoms with Crippen LogP contribution in [0.25, 0.3) is 6.08 Å². The van der Waals surface area contributed by atoms with Gasteiger partial charge < -0.3 is 20.3 Å². The molecule has 3 N–H and O–H groups in total. The maximum absolute atomic E-state index is 11.8. The Morgan fingerprint density at radius 3 is 2.83 bits per heavy atom. The summed E-state index contributed by atoms with van der Waals surface area (Å²) < 4.78 is 4.97. The number of methoxy groups -OCH3 is 1. The number of benzene rings is 1. The zero-order valence-electron chi connectivity index (χ0n) is 12.7. The van der Waals surface area contributed by atoms with Crippen molar-refractivity contribution < 1.29 is 24.5 Å². The molecular formula is C16H19NO5S. The number of phenols is 1. The van der Waals surface area contributed by atoms with Gasteiger partial charge in [-0.15, -0.1) is 6.58 Å². The number of hydrogen-bond donors (Lipinski definition) is 3. The standard InChI is InChI=1S/C16H19NO5S/c1-3-8-23-10-12(16(20)21)17-15(19)7-5-11-4-6-13(18)14(9-11)22-2/h3-7,9,12,18H,1,8,10H2,2H3,(H,17,19)(H,20,21)/b7-5+/t12-/m0/s1. The number of carbonyl (C=O) groups is 2. The second kappa shape index (κ2) is 9.58. The van der Waals surface area contributed by atoms with Crippen molar-refractivity contribution in [3.8, 4) is 11.5 Å². The van der Waals surface area contributed by atoms with Gasteiger partial charge in [-0.25, -0.2) is 4.79 Å². The molecule has 0 saturated heterocycles. The van der Waals surface area contributed by atoms with E-state index in [9.17, 15) is 14.7 Å². The number of rotatable bonds is 9. The predicted octanol–water partition coefficient (Wildman–Crippen LogP) is 1.90. The smallest absolute Gasteiger partial charge is 0.327 e. The van der Waals surface area contributed by atoms with Gasteiger partial charge in [0.15, 0.2) is 11.5 Å². The van der Waals surface area contributed by atoms with Gasteiger partial charge in [0.1, 0.15) is 6.04 Å². The molecule has 1 rings (SSSR count). The van der Waals surface area contributed by atoms with Gasteiger partial charge in [0, 0.05) is 17.6 Å². The summed E-state index contributed by atoms with van der Waals surface area (Å²) in [7, 11) is 1.42. The molecule has 0 radical (unpaired) electrons. The number of phenolic OH excluding ortho intramolecular Hbond substituents is 1. The molecule has 0 spiro atoms. The molecule has 1 aromatic rings. The summed E-state index contributed by atoms with van der Waals surface area (Å²) in [5.41, 5.74) is 0.641. The number of carboxylic acid groups (broad SMARTS) is 1. The van der Waals surface area contributed by atoms with Crippen LogP contribution >= 0.6 is 11.8 Å². The van der Waals surface area contributed by atoms with Gasteiger partial charge in [-0.05, 0) is 23.8 Å². The molecular weight excluding hydrogens is 318 g/mol. The maximum Gasteiger partial charge on any atom is 0.327 e. The summed E-state index contributed by atoms with van der Waals surface area (Å²) in [6.07, 6.45) is 4.41. The first-order valence-corrected chi connectivity index (χ1v) is 7.90. The van der Waals surface area contributed by atoms with Crippen LogP contribution in [0.5, 0.6) is 11.5 Å². The summed E-state index contributed by atoms with van der Waals surface area (Å²) in [5.74, 6) is -0.439. The highest BCUT2D eigenvalue weighted by Crippen LogP contribution is 2.26. The Bertz CT molecular complexity index is 600. The second-order valence-corrected chi connectivity index (χ2v) is 5.57. The molecule has 1 aromatic carbocycles. The van der Waals surface area contributed by atoms with Crippen LogP contribution in [0, 0.1) is 0 Å². The molecule has 6 nitrogen and oxygen atoms in total. The lowest BCUT2D eigenvalue weighted by molar-refractivity contribution is -0.140. The lowest BCUT2D eigenvalue weighted by atomic mass is 10.2. The van der Waals surface area contributed by atoms with Gasteiger partial charge in [-0.3, -0.25) is 4.79 Å². The van der Waals surface area contributed by atoms with Gasteiger partial charge in [0.2, 0.25) is 5.91 Å². The lowest BCUT2D eigenvalue weighted by Crippen LogP contribution is -2.41. The Kier molecular flexibility index (Phi) is 7.76. The quantitative estimate of drug-likeness (QED) is 0.362. The van der Waals surface area contributed by atoms with E-state index in [4.69, 9.17) is 9.84 Å². The minimum atomic E-state index is -1.09. The second-order valence-electron chi connectivity index (χ2n) is 4.49. The maximum atomic E-state index is 11.8. The number of amides is 1. The molecule has 0 bridgehead atoms. The normalized spacial score (nSPS) is 11.9. The average molecular weight is 337 g/mol. The van der Waals surface area contributed by atoms with Crippen molar-refractivity contribution in [2.45, 2.75) is 6.04 Å². The fourth-order valence-electron chi connectivity index (χ4n) is 1.63. The Morgan fingerprint density at radius 1 is 1.48 bits per heavy atom. The summed E-state index contributed by atoms with van der Waals surface area (Å²) in [4.78, 5) is 22.9. The number of aromatic hydroxyl groups is 1. The Morgan fingerprint density at radius 2 is 2.22 bits per heavy atom. The zero-order chi connectivity index (χ0) is 17.2. The van der Waals surface area contributed by atoms with E-state index in [-0.39, 0.29) is 17.3 Å². The molecule has 124 valence electrons. The minimum absolute atomic E-state index is 0.000661. The Hall–Kier alpha value is -2.41. The fourth-order valence-corrected chi connectivity index (χ4v) is 2.40. The van der Waals surface area contributed by atoms with Crippen molar-refractivity contribution in [1.82, 2.24) is 5.32 Å². The minimum Gasteiger partial charge on any atom is -0.504 e. The third-order valence-corrected chi connectivity index (χ3v) is 3.81. The highest BCUT2D eigenvalue weighted by atomic mass is 32.2. The number of hydrogen-bond acceptors (Lipinski definition) is 5. The number of carboxylic acids is 1. The molecule has 0 unspecified atom stereocenters. The van der Waals surface area contributed by atoms with E-state index in [0.29, 0.717) is 11.3 Å². The van der Waals surface area contributed by atoms with Gasteiger partial charge >= 0.3 is 5.97 Å². The number of thioether (sulfide) groups is 1. The van der Waals surface area contributed by atoms with Crippen molar-refractivity contribution in [1.29, 1.82) is 0 Å². The van der Waals surface area contributed by atoms with Crippen LogP contribution in [0.1, 0.15) is 5.56 Å². The molecule has 0 aliphatic heterocycles. The van der Waals surface area contributed by atoms with E-state index in [1.165, 1.54) is 37.1 Å². The van der Waals surface area contributed by atoms with Crippen molar-refractivity contribution in [2.75, 3.05) is 18.6 Å². The molecule has 0 fully saturated rings. The van der Waals surface area contributed by atoms with Crippen LogP contribution in [0.3, 0.4) is 0 Å². The molecule has 7 heteroatoms. The first-order valence-electron chi connectivity index (χ1n) is 6.75. The summed E-state index contributed by atoms with van der Waals surface area (Å²) in [5, 5.41) is 21.0. The van der Waals surface area contributed by atoms with Crippen molar-refractivity contribution in [3.63, 3.8) is 0 Å². The molecule has 0 aliphatic rings. The van der Waals surface area contributed by atoms with Gasteiger partial charge in [-0.1, -0.05) is 12.1 Å². The van der Waals surface area contributed by atoms with E-state index in [1.807, 2.05) is 0 Å². The third-order valence-electron chi connectivity index (χ3n) is 2.77. The summed E-state index contributed by atoms with van der Waals surface area (Å²) in [6, 6.07) is 3.65. The van der Waals surface area contributed by atoms with E-state index < -0.39 is 17.9 Å². The predicted molar refractivity (Wildman–Crippen MR) is 90.8 cm³/mol. The average Bonchev–Trinajstić information content (AvgIpc) is 2.53. The molecule has 0 heterocycles.